The molecule has 2 aromatic heterocycles. The first kappa shape index (κ1) is 9.19. The van der Waals surface area contributed by atoms with Gasteiger partial charge < -0.3 is 0 Å². The standard InChI is InChI=1S/C8H5BrN2.B/c9-7-4-3-6-2-1-5-10-8(6)11-7;/h1-5H;. The van der Waals surface area contributed by atoms with Gasteiger partial charge in [0, 0.05) is 20.0 Å². The molecule has 3 radical (unpaired) electrons. The van der Waals surface area contributed by atoms with Crippen LogP contribution >= 0.6 is 15.9 Å². The van der Waals surface area contributed by atoms with E-state index in [4.69, 9.17) is 0 Å². The normalized spacial score (nSPS) is 9.42. The van der Waals surface area contributed by atoms with Crippen molar-refractivity contribution in [2.24, 2.45) is 0 Å². The fourth-order valence-electron chi connectivity index (χ4n) is 0.930. The van der Waals surface area contributed by atoms with E-state index in [2.05, 4.69) is 25.9 Å². The number of rotatable bonds is 0. The zero-order chi connectivity index (χ0) is 7.68. The second kappa shape index (κ2) is 3.67. The third-order valence-corrected chi connectivity index (χ3v) is 1.87. The lowest BCUT2D eigenvalue weighted by Gasteiger charge is -1.93. The van der Waals surface area contributed by atoms with Crippen molar-refractivity contribution in [2.45, 2.75) is 0 Å². The van der Waals surface area contributed by atoms with E-state index in [0.29, 0.717) is 0 Å². The number of halogens is 1. The summed E-state index contributed by atoms with van der Waals surface area (Å²) >= 11 is 3.28. The summed E-state index contributed by atoms with van der Waals surface area (Å²) in [5.41, 5.74) is 0.780. The molecule has 2 aromatic rings. The average Bonchev–Trinajstić information content (AvgIpc) is 2.04. The molecular formula is C8H5BBrN2. The first-order valence-corrected chi connectivity index (χ1v) is 4.03. The van der Waals surface area contributed by atoms with E-state index in [9.17, 15) is 0 Å². The molecular weight excluding hydrogens is 215 g/mol. The minimum atomic E-state index is 0. The third-order valence-electron chi connectivity index (χ3n) is 1.43. The number of aromatic nitrogens is 2. The minimum absolute atomic E-state index is 0. The van der Waals surface area contributed by atoms with E-state index in [-0.39, 0.29) is 8.41 Å². The van der Waals surface area contributed by atoms with Crippen LogP contribution in [0.3, 0.4) is 0 Å². The summed E-state index contributed by atoms with van der Waals surface area (Å²) in [4.78, 5) is 8.28. The molecule has 0 amide bonds. The monoisotopic (exact) mass is 219 g/mol. The molecule has 57 valence electrons. The highest BCUT2D eigenvalue weighted by Crippen LogP contribution is 2.12. The van der Waals surface area contributed by atoms with Crippen LogP contribution in [0.2, 0.25) is 0 Å². The smallest absolute Gasteiger partial charge is 0.160 e. The molecule has 0 N–H and O–H groups in total. The summed E-state index contributed by atoms with van der Waals surface area (Å²) in [5, 5.41) is 1.07. The lowest BCUT2D eigenvalue weighted by molar-refractivity contribution is 1.26. The Labute approximate surface area is 80.7 Å². The SMILES string of the molecule is Brc1ccc2cccnc2n1.[B]. The van der Waals surface area contributed by atoms with E-state index in [1.807, 2.05) is 24.3 Å². The van der Waals surface area contributed by atoms with Crippen LogP contribution in [-0.2, 0) is 0 Å². The van der Waals surface area contributed by atoms with Gasteiger partial charge in [-0.1, -0.05) is 0 Å². The van der Waals surface area contributed by atoms with Gasteiger partial charge >= 0.3 is 0 Å². The lowest BCUT2D eigenvalue weighted by Crippen LogP contribution is -1.81. The van der Waals surface area contributed by atoms with Crippen LogP contribution in [0.5, 0.6) is 0 Å². The molecule has 2 nitrogen and oxygen atoms in total. The Kier molecular flexibility index (Phi) is 2.81. The Morgan fingerprint density at radius 3 is 2.83 bits per heavy atom. The van der Waals surface area contributed by atoms with E-state index in [1.165, 1.54) is 0 Å². The molecule has 0 unspecified atom stereocenters. The number of hydrogen-bond donors (Lipinski definition) is 0. The molecule has 2 heterocycles. The van der Waals surface area contributed by atoms with Crippen molar-refractivity contribution in [1.29, 1.82) is 0 Å². The average molecular weight is 220 g/mol. The van der Waals surface area contributed by atoms with Gasteiger partial charge in [0.05, 0.1) is 0 Å². The van der Waals surface area contributed by atoms with Crippen molar-refractivity contribution in [3.8, 4) is 0 Å². The van der Waals surface area contributed by atoms with Gasteiger partial charge in [0.1, 0.15) is 4.60 Å². The molecule has 0 spiro atoms. The first-order chi connectivity index (χ1) is 5.36. The lowest BCUT2D eigenvalue weighted by atomic mass is 10.3. The second-order valence-corrected chi connectivity index (χ2v) is 3.00. The van der Waals surface area contributed by atoms with Crippen LogP contribution in [0, 0.1) is 0 Å². The molecule has 2 rings (SSSR count). The van der Waals surface area contributed by atoms with Gasteiger partial charge in [0.25, 0.3) is 0 Å². The van der Waals surface area contributed by atoms with Crippen molar-refractivity contribution >= 4 is 35.4 Å². The molecule has 12 heavy (non-hydrogen) atoms. The van der Waals surface area contributed by atoms with Crippen molar-refractivity contribution in [3.05, 3.63) is 35.1 Å². The summed E-state index contributed by atoms with van der Waals surface area (Å²) in [6, 6.07) is 7.78. The number of fused-ring (bicyclic) bond motifs is 1. The maximum absolute atomic E-state index is 4.18. The topological polar surface area (TPSA) is 25.8 Å². The molecule has 0 aromatic carbocycles. The molecule has 0 aliphatic rings. The van der Waals surface area contributed by atoms with Gasteiger partial charge in [-0.2, -0.15) is 0 Å². The Hall–Kier alpha value is -0.895. The Morgan fingerprint density at radius 2 is 2.00 bits per heavy atom. The molecule has 0 saturated carbocycles. The molecule has 0 bridgehead atoms. The van der Waals surface area contributed by atoms with Crippen molar-refractivity contribution < 1.29 is 0 Å². The van der Waals surface area contributed by atoms with Crippen LogP contribution < -0.4 is 0 Å². The summed E-state index contributed by atoms with van der Waals surface area (Å²) in [7, 11) is 0. The quantitative estimate of drug-likeness (QED) is 0.501. The molecule has 0 fully saturated rings. The van der Waals surface area contributed by atoms with Gasteiger partial charge in [-0.3, -0.25) is 0 Å². The van der Waals surface area contributed by atoms with Gasteiger partial charge in [-0.25, -0.2) is 9.97 Å². The Morgan fingerprint density at radius 1 is 1.17 bits per heavy atom. The van der Waals surface area contributed by atoms with Crippen molar-refractivity contribution in [3.63, 3.8) is 0 Å². The highest BCUT2D eigenvalue weighted by molar-refractivity contribution is 9.10. The molecule has 4 heteroatoms. The summed E-state index contributed by atoms with van der Waals surface area (Å²) in [6.07, 6.45) is 1.74. The summed E-state index contributed by atoms with van der Waals surface area (Å²) in [5.74, 6) is 0. The van der Waals surface area contributed by atoms with E-state index < -0.39 is 0 Å². The second-order valence-electron chi connectivity index (χ2n) is 2.18. The maximum Gasteiger partial charge on any atom is 0.160 e. The Balaban J connectivity index is 0.000000720. The summed E-state index contributed by atoms with van der Waals surface area (Å²) < 4.78 is 0.823. The fraction of sp³-hybridized carbons (Fsp3) is 0. The van der Waals surface area contributed by atoms with Crippen LogP contribution in [0.25, 0.3) is 11.0 Å². The third kappa shape index (κ3) is 1.64. The molecule has 0 aliphatic carbocycles. The predicted molar refractivity (Wildman–Crippen MR) is 53.0 cm³/mol. The van der Waals surface area contributed by atoms with Gasteiger partial charge in [-0.15, -0.1) is 0 Å². The number of pyridine rings is 2. The summed E-state index contributed by atoms with van der Waals surface area (Å²) in [6.45, 7) is 0. The van der Waals surface area contributed by atoms with Crippen LogP contribution in [0.15, 0.2) is 35.1 Å². The van der Waals surface area contributed by atoms with Gasteiger partial charge in [-0.05, 0) is 40.2 Å². The van der Waals surface area contributed by atoms with Crippen molar-refractivity contribution in [1.82, 2.24) is 9.97 Å². The zero-order valence-corrected chi connectivity index (χ0v) is 7.82. The Bertz CT molecular complexity index is 391. The van der Waals surface area contributed by atoms with Crippen LogP contribution in [0.1, 0.15) is 0 Å². The largest absolute Gasteiger partial charge is 0.237 e. The first-order valence-electron chi connectivity index (χ1n) is 3.23. The highest BCUT2D eigenvalue weighted by atomic mass is 79.9. The van der Waals surface area contributed by atoms with Gasteiger partial charge in [0.2, 0.25) is 0 Å². The fourth-order valence-corrected chi connectivity index (χ4v) is 1.23. The van der Waals surface area contributed by atoms with Crippen LogP contribution in [0.4, 0.5) is 0 Å². The zero-order valence-electron chi connectivity index (χ0n) is 6.24. The predicted octanol–water partition coefficient (Wildman–Crippen LogP) is 2.01. The highest BCUT2D eigenvalue weighted by Gasteiger charge is 1.93. The molecule has 0 aliphatic heterocycles. The minimum Gasteiger partial charge on any atom is -0.237 e. The number of hydrogen-bond acceptors (Lipinski definition) is 2. The van der Waals surface area contributed by atoms with E-state index in [0.717, 1.165) is 15.6 Å². The van der Waals surface area contributed by atoms with Crippen molar-refractivity contribution in [2.75, 3.05) is 0 Å². The van der Waals surface area contributed by atoms with E-state index in [1.54, 1.807) is 6.20 Å². The van der Waals surface area contributed by atoms with Gasteiger partial charge in [0.15, 0.2) is 5.65 Å². The molecule has 0 atom stereocenters. The number of nitrogens with zero attached hydrogens (tertiary/aromatic N) is 2. The van der Waals surface area contributed by atoms with Crippen LogP contribution in [-0.4, -0.2) is 18.4 Å². The maximum atomic E-state index is 4.18. The molecule has 0 saturated heterocycles. The van der Waals surface area contributed by atoms with E-state index >= 15 is 0 Å².